The van der Waals surface area contributed by atoms with Crippen LogP contribution in [0.15, 0.2) is 29.0 Å². The van der Waals surface area contributed by atoms with Crippen molar-refractivity contribution >= 4 is 5.91 Å². The summed E-state index contributed by atoms with van der Waals surface area (Å²) < 4.78 is 5.34. The van der Waals surface area contributed by atoms with Gasteiger partial charge in [0.05, 0.1) is 11.6 Å². The molecular formula is C17H22N4O2. The Bertz CT molecular complexity index is 654. The average Bonchev–Trinajstić information content (AvgIpc) is 2.94. The van der Waals surface area contributed by atoms with Crippen molar-refractivity contribution in [3.8, 4) is 0 Å². The highest BCUT2D eigenvalue weighted by atomic mass is 16.5. The van der Waals surface area contributed by atoms with E-state index in [4.69, 9.17) is 4.52 Å². The minimum absolute atomic E-state index is 0.0131. The molecule has 1 aliphatic heterocycles. The fraction of sp³-hybridized carbons (Fsp3) is 0.529. The molecule has 23 heavy (non-hydrogen) atoms. The zero-order valence-corrected chi connectivity index (χ0v) is 13.6. The molecule has 3 heterocycles. The fourth-order valence-corrected chi connectivity index (χ4v) is 2.89. The highest BCUT2D eigenvalue weighted by Crippen LogP contribution is 2.30. The Labute approximate surface area is 135 Å². The van der Waals surface area contributed by atoms with E-state index in [0.717, 1.165) is 25.7 Å². The number of rotatable bonds is 3. The number of carbonyl (C=O) groups is 1. The molecule has 122 valence electrons. The second-order valence-corrected chi connectivity index (χ2v) is 6.25. The second kappa shape index (κ2) is 6.89. The van der Waals surface area contributed by atoms with Gasteiger partial charge in [-0.15, -0.1) is 0 Å². The van der Waals surface area contributed by atoms with Gasteiger partial charge in [0.1, 0.15) is 0 Å². The van der Waals surface area contributed by atoms with E-state index in [9.17, 15) is 4.79 Å². The summed E-state index contributed by atoms with van der Waals surface area (Å²) in [4.78, 5) is 23.3. The Morgan fingerprint density at radius 2 is 2.22 bits per heavy atom. The quantitative estimate of drug-likeness (QED) is 0.868. The molecule has 1 fully saturated rings. The minimum atomic E-state index is -0.124. The maximum Gasteiger partial charge on any atom is 0.256 e. The average molecular weight is 314 g/mol. The van der Waals surface area contributed by atoms with Crippen LogP contribution >= 0.6 is 0 Å². The van der Waals surface area contributed by atoms with Crippen LogP contribution in [-0.2, 0) is 0 Å². The number of amides is 1. The summed E-state index contributed by atoms with van der Waals surface area (Å²) >= 11 is 0. The fourth-order valence-electron chi connectivity index (χ4n) is 2.89. The van der Waals surface area contributed by atoms with Crippen LogP contribution in [0.3, 0.4) is 0 Å². The van der Waals surface area contributed by atoms with E-state index in [1.54, 1.807) is 24.5 Å². The van der Waals surface area contributed by atoms with Gasteiger partial charge in [-0.05, 0) is 25.0 Å². The Morgan fingerprint density at radius 3 is 2.91 bits per heavy atom. The Balaban J connectivity index is 1.89. The molecule has 0 bridgehead atoms. The number of nitrogens with zero attached hydrogens (tertiary/aromatic N) is 4. The van der Waals surface area contributed by atoms with Gasteiger partial charge < -0.3 is 9.42 Å². The molecule has 6 nitrogen and oxygen atoms in total. The van der Waals surface area contributed by atoms with Crippen LogP contribution in [0.4, 0.5) is 0 Å². The van der Waals surface area contributed by atoms with Gasteiger partial charge >= 0.3 is 0 Å². The summed E-state index contributed by atoms with van der Waals surface area (Å²) in [6.45, 7) is 4.75. The molecule has 1 aliphatic rings. The van der Waals surface area contributed by atoms with E-state index in [1.165, 1.54) is 0 Å². The van der Waals surface area contributed by atoms with Crippen LogP contribution in [-0.4, -0.2) is 32.5 Å². The van der Waals surface area contributed by atoms with Crippen LogP contribution < -0.4 is 0 Å². The first-order valence-electron chi connectivity index (χ1n) is 8.21. The van der Waals surface area contributed by atoms with E-state index in [0.29, 0.717) is 23.8 Å². The number of hydrogen-bond donors (Lipinski definition) is 0. The molecule has 2 aromatic heterocycles. The summed E-state index contributed by atoms with van der Waals surface area (Å²) in [6.07, 6.45) is 7.32. The molecule has 0 radical (unpaired) electrons. The molecule has 0 saturated carbocycles. The SMILES string of the molecule is CC(C)c1nc(C2CCCCCN2C(=O)c2cccnc2)no1. The Hall–Kier alpha value is -2.24. The molecule has 1 unspecified atom stereocenters. The molecule has 6 heteroatoms. The van der Waals surface area contributed by atoms with Crippen molar-refractivity contribution in [2.45, 2.75) is 51.5 Å². The molecule has 1 atom stereocenters. The van der Waals surface area contributed by atoms with Gasteiger partial charge in [-0.1, -0.05) is 31.8 Å². The first-order chi connectivity index (χ1) is 11.2. The second-order valence-electron chi connectivity index (χ2n) is 6.25. The molecule has 1 saturated heterocycles. The molecule has 0 spiro atoms. The third kappa shape index (κ3) is 3.41. The van der Waals surface area contributed by atoms with Gasteiger partial charge in [0.2, 0.25) is 5.89 Å². The van der Waals surface area contributed by atoms with E-state index in [-0.39, 0.29) is 17.9 Å². The zero-order valence-electron chi connectivity index (χ0n) is 13.6. The summed E-state index contributed by atoms with van der Waals surface area (Å²) in [5.41, 5.74) is 0.604. The minimum Gasteiger partial charge on any atom is -0.339 e. The lowest BCUT2D eigenvalue weighted by molar-refractivity contribution is 0.0670. The molecule has 0 N–H and O–H groups in total. The topological polar surface area (TPSA) is 72.1 Å². The maximum atomic E-state index is 12.9. The van der Waals surface area contributed by atoms with Crippen molar-refractivity contribution < 1.29 is 9.32 Å². The van der Waals surface area contributed by atoms with Crippen molar-refractivity contribution in [3.63, 3.8) is 0 Å². The lowest BCUT2D eigenvalue weighted by Gasteiger charge is -2.27. The first kappa shape index (κ1) is 15.6. The zero-order chi connectivity index (χ0) is 16.2. The van der Waals surface area contributed by atoms with Crippen molar-refractivity contribution in [1.82, 2.24) is 20.0 Å². The maximum absolute atomic E-state index is 12.9. The monoisotopic (exact) mass is 314 g/mol. The van der Waals surface area contributed by atoms with Crippen molar-refractivity contribution in [2.24, 2.45) is 0 Å². The number of aromatic nitrogens is 3. The number of pyridine rings is 1. The third-order valence-corrected chi connectivity index (χ3v) is 4.17. The van der Waals surface area contributed by atoms with Crippen molar-refractivity contribution in [3.05, 3.63) is 41.8 Å². The lowest BCUT2D eigenvalue weighted by atomic mass is 10.1. The van der Waals surface area contributed by atoms with Gasteiger partial charge in [0, 0.05) is 24.9 Å². The van der Waals surface area contributed by atoms with Gasteiger partial charge in [-0.2, -0.15) is 4.98 Å². The first-order valence-corrected chi connectivity index (χ1v) is 8.21. The van der Waals surface area contributed by atoms with Crippen LogP contribution in [0.2, 0.25) is 0 Å². The molecule has 0 aliphatic carbocycles. The highest BCUT2D eigenvalue weighted by molar-refractivity contribution is 5.94. The van der Waals surface area contributed by atoms with E-state index < -0.39 is 0 Å². The van der Waals surface area contributed by atoms with Gasteiger partial charge in [-0.25, -0.2) is 0 Å². The molecule has 3 rings (SSSR count). The molecule has 1 amide bonds. The Morgan fingerprint density at radius 1 is 1.35 bits per heavy atom. The normalized spacial score (nSPS) is 18.9. The molecule has 0 aromatic carbocycles. The van der Waals surface area contributed by atoms with Crippen molar-refractivity contribution in [1.29, 1.82) is 0 Å². The van der Waals surface area contributed by atoms with Crippen LogP contribution in [0.1, 0.15) is 73.6 Å². The smallest absolute Gasteiger partial charge is 0.256 e. The predicted molar refractivity (Wildman–Crippen MR) is 84.9 cm³/mol. The van der Waals surface area contributed by atoms with Crippen LogP contribution in [0.5, 0.6) is 0 Å². The van der Waals surface area contributed by atoms with Crippen molar-refractivity contribution in [2.75, 3.05) is 6.54 Å². The largest absolute Gasteiger partial charge is 0.339 e. The third-order valence-electron chi connectivity index (χ3n) is 4.17. The van der Waals surface area contributed by atoms with Gasteiger partial charge in [-0.3, -0.25) is 9.78 Å². The van der Waals surface area contributed by atoms with Crippen LogP contribution in [0, 0.1) is 0 Å². The number of hydrogen-bond acceptors (Lipinski definition) is 5. The number of likely N-dealkylation sites (tertiary alicyclic amines) is 1. The summed E-state index contributed by atoms with van der Waals surface area (Å²) in [5.74, 6) is 1.41. The predicted octanol–water partition coefficient (Wildman–Crippen LogP) is 3.35. The van der Waals surface area contributed by atoms with E-state index in [1.807, 2.05) is 18.7 Å². The summed E-state index contributed by atoms with van der Waals surface area (Å²) in [6, 6.07) is 3.46. The highest BCUT2D eigenvalue weighted by Gasteiger charge is 2.31. The summed E-state index contributed by atoms with van der Waals surface area (Å²) in [5, 5.41) is 4.13. The van der Waals surface area contributed by atoms with Crippen LogP contribution in [0.25, 0.3) is 0 Å². The van der Waals surface area contributed by atoms with Gasteiger partial charge in [0.15, 0.2) is 5.82 Å². The standard InChI is InChI=1S/C17H22N4O2/c1-12(2)16-19-15(20-23-16)14-8-4-3-5-10-21(14)17(22)13-7-6-9-18-11-13/h6-7,9,11-12,14H,3-5,8,10H2,1-2H3. The molecule has 2 aromatic rings. The summed E-state index contributed by atoms with van der Waals surface area (Å²) in [7, 11) is 0. The van der Waals surface area contributed by atoms with E-state index in [2.05, 4.69) is 15.1 Å². The van der Waals surface area contributed by atoms with Gasteiger partial charge in [0.25, 0.3) is 5.91 Å². The Kier molecular flexibility index (Phi) is 4.69. The number of carbonyl (C=O) groups excluding carboxylic acids is 1. The molecular weight excluding hydrogens is 292 g/mol. The van der Waals surface area contributed by atoms with E-state index >= 15 is 0 Å². The lowest BCUT2D eigenvalue weighted by Crippen LogP contribution is -2.35.